The summed E-state index contributed by atoms with van der Waals surface area (Å²) in [6.45, 7) is 4.67. The molecule has 0 saturated carbocycles. The quantitative estimate of drug-likeness (QED) is 0.635. The lowest BCUT2D eigenvalue weighted by molar-refractivity contribution is 0.0951. The van der Waals surface area contributed by atoms with Gasteiger partial charge in [-0.25, -0.2) is 9.97 Å². The van der Waals surface area contributed by atoms with Gasteiger partial charge in [-0.15, -0.1) is 24.8 Å². The number of amides is 1. The molecule has 150 valence electrons. The van der Waals surface area contributed by atoms with Crippen LogP contribution in [0.1, 0.15) is 47.3 Å². The summed E-state index contributed by atoms with van der Waals surface area (Å²) in [4.78, 5) is 20.7. The maximum Gasteiger partial charge on any atom is 0.251 e. The Kier molecular flexibility index (Phi) is 9.12. The van der Waals surface area contributed by atoms with E-state index in [0.717, 1.165) is 5.56 Å². The molecule has 8 heteroatoms. The molecule has 3 rings (SSSR count). The van der Waals surface area contributed by atoms with E-state index in [2.05, 4.69) is 41.3 Å². The molecule has 1 aromatic carbocycles. The topological polar surface area (TPSA) is 85.8 Å². The Bertz CT molecular complexity index is 867. The molecule has 3 N–H and O–H groups in total. The molecular formula is C20H25Cl2N5O. The number of halogens is 2. The Labute approximate surface area is 177 Å². The first-order valence-corrected chi connectivity index (χ1v) is 8.62. The maximum absolute atomic E-state index is 12.4. The Morgan fingerprint density at radius 3 is 2.39 bits per heavy atom. The van der Waals surface area contributed by atoms with Crippen molar-refractivity contribution in [3.63, 3.8) is 0 Å². The van der Waals surface area contributed by atoms with E-state index < -0.39 is 0 Å². The van der Waals surface area contributed by atoms with Crippen LogP contribution in [0.5, 0.6) is 0 Å². The molecule has 2 aromatic heterocycles. The van der Waals surface area contributed by atoms with Gasteiger partial charge in [0.05, 0.1) is 0 Å². The van der Waals surface area contributed by atoms with E-state index in [1.807, 2.05) is 12.1 Å². The SMILES string of the molecule is CC(C)c1ccc(C(N)CNC(=O)c2ccnc(-n3ccnc3)c2)cc1.Cl.Cl. The highest BCUT2D eigenvalue weighted by molar-refractivity contribution is 5.94. The van der Waals surface area contributed by atoms with Crippen LogP contribution in [0.25, 0.3) is 5.82 Å². The minimum Gasteiger partial charge on any atom is -0.350 e. The number of imidazole rings is 1. The van der Waals surface area contributed by atoms with E-state index in [1.54, 1.807) is 41.6 Å². The third-order valence-electron chi connectivity index (χ3n) is 4.29. The van der Waals surface area contributed by atoms with Crippen molar-refractivity contribution < 1.29 is 4.79 Å². The molecule has 0 fully saturated rings. The summed E-state index contributed by atoms with van der Waals surface area (Å²) >= 11 is 0. The van der Waals surface area contributed by atoms with E-state index in [-0.39, 0.29) is 36.8 Å². The van der Waals surface area contributed by atoms with Gasteiger partial charge in [0.25, 0.3) is 5.91 Å². The van der Waals surface area contributed by atoms with Crippen molar-refractivity contribution in [1.82, 2.24) is 19.9 Å². The largest absolute Gasteiger partial charge is 0.350 e. The summed E-state index contributed by atoms with van der Waals surface area (Å²) in [6.07, 6.45) is 6.69. The van der Waals surface area contributed by atoms with Gasteiger partial charge in [-0.1, -0.05) is 38.1 Å². The number of pyridine rings is 1. The average molecular weight is 422 g/mol. The summed E-state index contributed by atoms with van der Waals surface area (Å²) in [6, 6.07) is 11.4. The fourth-order valence-corrected chi connectivity index (χ4v) is 2.65. The smallest absolute Gasteiger partial charge is 0.251 e. The summed E-state index contributed by atoms with van der Waals surface area (Å²) in [5.74, 6) is 0.947. The molecule has 0 spiro atoms. The second-order valence-corrected chi connectivity index (χ2v) is 6.51. The molecule has 0 bridgehead atoms. The van der Waals surface area contributed by atoms with Gasteiger partial charge in [0.15, 0.2) is 0 Å². The summed E-state index contributed by atoms with van der Waals surface area (Å²) < 4.78 is 1.75. The average Bonchev–Trinajstić information content (AvgIpc) is 3.21. The van der Waals surface area contributed by atoms with Crippen molar-refractivity contribution >= 4 is 30.7 Å². The highest BCUT2D eigenvalue weighted by Gasteiger charge is 2.11. The van der Waals surface area contributed by atoms with Gasteiger partial charge in [-0.2, -0.15) is 0 Å². The number of rotatable bonds is 6. The van der Waals surface area contributed by atoms with Crippen molar-refractivity contribution in [2.45, 2.75) is 25.8 Å². The molecule has 2 heterocycles. The first kappa shape index (κ1) is 23.6. The van der Waals surface area contributed by atoms with Gasteiger partial charge < -0.3 is 11.1 Å². The van der Waals surface area contributed by atoms with Crippen LogP contribution in [-0.4, -0.2) is 27.0 Å². The summed E-state index contributed by atoms with van der Waals surface area (Å²) in [5.41, 5.74) is 9.02. The Hall–Kier alpha value is -2.41. The van der Waals surface area contributed by atoms with Crippen LogP contribution >= 0.6 is 24.8 Å². The van der Waals surface area contributed by atoms with Gasteiger partial charge in [-0.05, 0) is 29.2 Å². The molecule has 0 aliphatic rings. The van der Waals surface area contributed by atoms with Crippen LogP contribution in [-0.2, 0) is 0 Å². The number of hydrogen-bond donors (Lipinski definition) is 2. The van der Waals surface area contributed by atoms with Gasteiger partial charge in [0, 0.05) is 36.7 Å². The zero-order valence-corrected chi connectivity index (χ0v) is 17.4. The molecule has 6 nitrogen and oxygen atoms in total. The third kappa shape index (κ3) is 5.79. The Morgan fingerprint density at radius 2 is 1.79 bits per heavy atom. The third-order valence-corrected chi connectivity index (χ3v) is 4.29. The van der Waals surface area contributed by atoms with Crippen molar-refractivity contribution in [3.8, 4) is 5.82 Å². The zero-order valence-electron chi connectivity index (χ0n) is 15.8. The molecule has 3 aromatic rings. The fourth-order valence-electron chi connectivity index (χ4n) is 2.65. The molecule has 0 radical (unpaired) electrons. The number of nitrogens with two attached hydrogens (primary N) is 1. The molecular weight excluding hydrogens is 397 g/mol. The van der Waals surface area contributed by atoms with Crippen LogP contribution in [0.15, 0.2) is 61.3 Å². The van der Waals surface area contributed by atoms with Crippen LogP contribution in [0.3, 0.4) is 0 Å². The van der Waals surface area contributed by atoms with Gasteiger partial charge in [0.2, 0.25) is 0 Å². The minimum absolute atomic E-state index is 0. The van der Waals surface area contributed by atoms with Crippen LogP contribution in [0.4, 0.5) is 0 Å². The van der Waals surface area contributed by atoms with Crippen molar-refractivity contribution in [2.24, 2.45) is 5.73 Å². The number of nitrogens with zero attached hydrogens (tertiary/aromatic N) is 3. The lowest BCUT2D eigenvalue weighted by atomic mass is 9.99. The van der Waals surface area contributed by atoms with Gasteiger partial charge >= 0.3 is 0 Å². The van der Waals surface area contributed by atoms with E-state index in [9.17, 15) is 4.79 Å². The standard InChI is InChI=1S/C20H23N5O.2ClH/c1-14(2)15-3-5-16(6-4-15)18(21)12-24-20(26)17-7-8-23-19(11-17)25-10-9-22-13-25;;/h3-11,13-14,18H,12,21H2,1-2H3,(H,24,26);2*1H. The monoisotopic (exact) mass is 421 g/mol. The first-order valence-electron chi connectivity index (χ1n) is 8.62. The van der Waals surface area contributed by atoms with Crippen molar-refractivity contribution in [3.05, 3.63) is 78.0 Å². The Morgan fingerprint density at radius 1 is 1.11 bits per heavy atom. The molecule has 1 amide bonds. The number of carbonyl (C=O) groups excluding carboxylic acids is 1. The predicted molar refractivity (Wildman–Crippen MR) is 116 cm³/mol. The fraction of sp³-hybridized carbons (Fsp3) is 0.250. The first-order chi connectivity index (χ1) is 12.5. The zero-order chi connectivity index (χ0) is 18.5. The Balaban J connectivity index is 0.00000196. The minimum atomic E-state index is -0.255. The number of nitrogens with one attached hydrogen (secondary N) is 1. The molecule has 0 saturated heterocycles. The highest BCUT2D eigenvalue weighted by atomic mass is 35.5. The van der Waals surface area contributed by atoms with Crippen LogP contribution in [0.2, 0.25) is 0 Å². The van der Waals surface area contributed by atoms with E-state index in [0.29, 0.717) is 23.8 Å². The van der Waals surface area contributed by atoms with E-state index in [1.165, 1.54) is 5.56 Å². The lowest BCUT2D eigenvalue weighted by Crippen LogP contribution is -2.32. The molecule has 0 aliphatic carbocycles. The lowest BCUT2D eigenvalue weighted by Gasteiger charge is -2.15. The van der Waals surface area contributed by atoms with Crippen LogP contribution < -0.4 is 11.1 Å². The van der Waals surface area contributed by atoms with Gasteiger partial charge in [-0.3, -0.25) is 9.36 Å². The summed E-state index contributed by atoms with van der Waals surface area (Å²) in [5, 5.41) is 2.89. The molecule has 28 heavy (non-hydrogen) atoms. The maximum atomic E-state index is 12.4. The van der Waals surface area contributed by atoms with Gasteiger partial charge in [0.1, 0.15) is 12.1 Å². The van der Waals surface area contributed by atoms with E-state index in [4.69, 9.17) is 5.73 Å². The summed E-state index contributed by atoms with van der Waals surface area (Å²) in [7, 11) is 0. The molecule has 1 unspecified atom stereocenters. The number of benzene rings is 1. The normalized spacial score (nSPS) is 11.3. The molecule has 1 atom stereocenters. The second kappa shape index (κ2) is 10.8. The second-order valence-electron chi connectivity index (χ2n) is 6.51. The molecule has 0 aliphatic heterocycles. The number of aromatic nitrogens is 3. The van der Waals surface area contributed by atoms with Crippen molar-refractivity contribution in [1.29, 1.82) is 0 Å². The number of hydrogen-bond acceptors (Lipinski definition) is 4. The van der Waals surface area contributed by atoms with Crippen molar-refractivity contribution in [2.75, 3.05) is 6.54 Å². The highest BCUT2D eigenvalue weighted by Crippen LogP contribution is 2.17. The van der Waals surface area contributed by atoms with Crippen LogP contribution in [0, 0.1) is 0 Å². The number of carbonyl (C=O) groups is 1. The predicted octanol–water partition coefficient (Wildman–Crippen LogP) is 3.66. The van der Waals surface area contributed by atoms with E-state index >= 15 is 0 Å².